The zero-order valence-electron chi connectivity index (χ0n) is 18.9. The van der Waals surface area contributed by atoms with Crippen LogP contribution in [0.5, 0.6) is 0 Å². The van der Waals surface area contributed by atoms with E-state index in [0.29, 0.717) is 21.5 Å². The molecule has 0 aliphatic carbocycles. The second-order valence-electron chi connectivity index (χ2n) is 7.26. The summed E-state index contributed by atoms with van der Waals surface area (Å²) in [5, 5.41) is 12.7. The monoisotopic (exact) mass is 493 g/mol. The van der Waals surface area contributed by atoms with Crippen LogP contribution in [-0.4, -0.2) is 44.0 Å². The maximum absolute atomic E-state index is 12.8. The molecule has 0 spiro atoms. The van der Waals surface area contributed by atoms with Gasteiger partial charge in [0.2, 0.25) is 5.91 Å². The van der Waals surface area contributed by atoms with Gasteiger partial charge in [-0.1, -0.05) is 30.0 Å². The van der Waals surface area contributed by atoms with E-state index >= 15 is 0 Å². The molecule has 0 aliphatic heterocycles. The van der Waals surface area contributed by atoms with Crippen LogP contribution in [0.3, 0.4) is 0 Å². The molecule has 0 saturated heterocycles. The number of nitrogens with one attached hydrogen (secondary N) is 1. The number of pyridine rings is 1. The average Bonchev–Trinajstić information content (AvgIpc) is 3.39. The second-order valence-corrected chi connectivity index (χ2v) is 9.42. The summed E-state index contributed by atoms with van der Waals surface area (Å²) in [6.45, 7) is 5.79. The van der Waals surface area contributed by atoms with Crippen molar-refractivity contribution >= 4 is 40.0 Å². The summed E-state index contributed by atoms with van der Waals surface area (Å²) < 4.78 is 7.08. The Morgan fingerprint density at radius 1 is 1.09 bits per heavy atom. The third-order valence-corrected chi connectivity index (χ3v) is 7.09. The van der Waals surface area contributed by atoms with Crippen LogP contribution in [0.15, 0.2) is 60.0 Å². The first kappa shape index (κ1) is 23.7. The first-order valence-corrected chi connectivity index (χ1v) is 12.4. The van der Waals surface area contributed by atoms with Crippen LogP contribution < -0.4 is 5.32 Å². The molecule has 0 unspecified atom stereocenters. The van der Waals surface area contributed by atoms with Gasteiger partial charge in [0.25, 0.3) is 0 Å². The lowest BCUT2D eigenvalue weighted by Crippen LogP contribution is -2.16. The van der Waals surface area contributed by atoms with E-state index in [1.165, 1.54) is 23.1 Å². The van der Waals surface area contributed by atoms with E-state index in [9.17, 15) is 9.59 Å². The molecule has 10 heteroatoms. The zero-order valence-corrected chi connectivity index (χ0v) is 20.6. The molecule has 0 aliphatic rings. The highest BCUT2D eigenvalue weighted by molar-refractivity contribution is 7.99. The minimum atomic E-state index is -0.432. The van der Waals surface area contributed by atoms with Gasteiger partial charge in [0.15, 0.2) is 11.0 Å². The second kappa shape index (κ2) is 10.6. The van der Waals surface area contributed by atoms with Crippen LogP contribution in [0.2, 0.25) is 0 Å². The highest BCUT2D eigenvalue weighted by Gasteiger charge is 2.23. The lowest BCUT2D eigenvalue weighted by Gasteiger charge is -2.10. The normalized spacial score (nSPS) is 10.8. The molecule has 1 N–H and O–H groups in total. The van der Waals surface area contributed by atoms with E-state index in [-0.39, 0.29) is 18.3 Å². The number of esters is 1. The molecule has 0 bridgehead atoms. The van der Waals surface area contributed by atoms with Gasteiger partial charge in [0.05, 0.1) is 17.9 Å². The van der Waals surface area contributed by atoms with Crippen LogP contribution >= 0.6 is 23.1 Å². The van der Waals surface area contributed by atoms with Crippen molar-refractivity contribution in [2.45, 2.75) is 25.9 Å². The van der Waals surface area contributed by atoms with Gasteiger partial charge >= 0.3 is 5.97 Å². The zero-order chi connectivity index (χ0) is 24.1. The number of thioether (sulfide) groups is 1. The number of ether oxygens (including phenoxy) is 1. The summed E-state index contributed by atoms with van der Waals surface area (Å²) in [4.78, 5) is 30.2. The van der Waals surface area contributed by atoms with Gasteiger partial charge in [-0.05, 0) is 50.6 Å². The molecule has 8 nitrogen and oxygen atoms in total. The number of aryl methyl sites for hydroxylation is 1. The van der Waals surface area contributed by atoms with Crippen molar-refractivity contribution in [1.29, 1.82) is 0 Å². The quantitative estimate of drug-likeness (QED) is 0.275. The maximum Gasteiger partial charge on any atom is 0.341 e. The van der Waals surface area contributed by atoms with Crippen molar-refractivity contribution < 1.29 is 14.3 Å². The van der Waals surface area contributed by atoms with Gasteiger partial charge in [0, 0.05) is 28.5 Å². The maximum atomic E-state index is 12.8. The molecular formula is C24H23N5O3S2. The van der Waals surface area contributed by atoms with E-state index in [1.807, 2.05) is 60.9 Å². The van der Waals surface area contributed by atoms with Crippen molar-refractivity contribution in [1.82, 2.24) is 19.7 Å². The van der Waals surface area contributed by atoms with E-state index in [4.69, 9.17) is 4.74 Å². The number of aromatic nitrogens is 4. The third kappa shape index (κ3) is 5.02. The molecule has 3 heterocycles. The molecule has 1 amide bonds. The Morgan fingerprint density at radius 2 is 1.82 bits per heavy atom. The Balaban J connectivity index is 1.56. The molecular weight excluding hydrogens is 470 g/mol. The lowest BCUT2D eigenvalue weighted by atomic mass is 10.1. The Kier molecular flexibility index (Phi) is 7.39. The fourth-order valence-corrected chi connectivity index (χ4v) is 5.13. The summed E-state index contributed by atoms with van der Waals surface area (Å²) in [7, 11) is 0. The van der Waals surface area contributed by atoms with Crippen molar-refractivity contribution in [3.8, 4) is 17.1 Å². The summed E-state index contributed by atoms with van der Waals surface area (Å²) in [5.41, 5.74) is 2.98. The van der Waals surface area contributed by atoms with Crippen molar-refractivity contribution in [3.63, 3.8) is 0 Å². The highest BCUT2D eigenvalue weighted by atomic mass is 32.2. The number of para-hydroxylation sites is 1. The van der Waals surface area contributed by atoms with Crippen molar-refractivity contribution in [2.24, 2.45) is 0 Å². The number of thiophene rings is 1. The molecule has 0 saturated carbocycles. The molecule has 34 heavy (non-hydrogen) atoms. The first-order chi connectivity index (χ1) is 16.5. The Bertz CT molecular complexity index is 1300. The number of anilines is 1. The molecule has 0 fully saturated rings. The van der Waals surface area contributed by atoms with Crippen LogP contribution in [0.25, 0.3) is 17.1 Å². The minimum Gasteiger partial charge on any atom is -0.462 e. The fraction of sp³-hybridized carbons (Fsp3) is 0.208. The Hall–Kier alpha value is -3.50. The number of hydrogen-bond acceptors (Lipinski definition) is 8. The average molecular weight is 494 g/mol. The number of carbonyl (C=O) groups is 2. The smallest absolute Gasteiger partial charge is 0.341 e. The van der Waals surface area contributed by atoms with Gasteiger partial charge in [-0.15, -0.1) is 21.5 Å². The summed E-state index contributed by atoms with van der Waals surface area (Å²) in [6.07, 6.45) is 3.40. The molecule has 0 radical (unpaired) electrons. The SMILES string of the molecule is CCOC(=O)c1c(NC(=O)CSc2nnc(-c3ccncc3)n2-c2ccccc2)sc(C)c1C. The number of benzene rings is 1. The molecule has 1 aromatic carbocycles. The molecule has 3 aromatic heterocycles. The fourth-order valence-electron chi connectivity index (χ4n) is 3.32. The van der Waals surface area contributed by atoms with E-state index in [1.54, 1.807) is 19.3 Å². The number of carbonyl (C=O) groups excluding carboxylic acids is 2. The molecule has 4 rings (SSSR count). The summed E-state index contributed by atoms with van der Waals surface area (Å²) >= 11 is 2.64. The highest BCUT2D eigenvalue weighted by Crippen LogP contribution is 2.33. The van der Waals surface area contributed by atoms with Gasteiger partial charge in [-0.3, -0.25) is 14.3 Å². The van der Waals surface area contributed by atoms with Crippen LogP contribution in [0.4, 0.5) is 5.00 Å². The van der Waals surface area contributed by atoms with Crippen LogP contribution in [0, 0.1) is 13.8 Å². The predicted molar refractivity (Wildman–Crippen MR) is 134 cm³/mol. The first-order valence-electron chi connectivity index (χ1n) is 10.6. The van der Waals surface area contributed by atoms with Gasteiger partial charge in [-0.25, -0.2) is 4.79 Å². The van der Waals surface area contributed by atoms with E-state index < -0.39 is 5.97 Å². The van der Waals surface area contributed by atoms with Gasteiger partial charge in [-0.2, -0.15) is 0 Å². The predicted octanol–water partition coefficient (Wildman–Crippen LogP) is 4.92. The third-order valence-electron chi connectivity index (χ3n) is 5.04. The lowest BCUT2D eigenvalue weighted by molar-refractivity contribution is -0.113. The molecule has 4 aromatic rings. The number of nitrogens with zero attached hydrogens (tertiary/aromatic N) is 4. The largest absolute Gasteiger partial charge is 0.462 e. The standard InChI is InChI=1S/C24H23N5O3S2/c1-4-32-23(31)20-15(2)16(3)34-22(20)26-19(30)14-33-24-28-27-21(17-10-12-25-13-11-17)29(24)18-8-6-5-7-9-18/h5-13H,4,14H2,1-3H3,(H,26,30). The molecule has 0 atom stereocenters. The Labute approximate surface area is 205 Å². The summed E-state index contributed by atoms with van der Waals surface area (Å²) in [5.74, 6) is 0.0770. The van der Waals surface area contributed by atoms with E-state index in [0.717, 1.165) is 21.7 Å². The van der Waals surface area contributed by atoms with Gasteiger partial charge in [0.1, 0.15) is 5.00 Å². The van der Waals surface area contributed by atoms with E-state index in [2.05, 4.69) is 20.5 Å². The number of hydrogen-bond donors (Lipinski definition) is 1. The number of rotatable bonds is 8. The van der Waals surface area contributed by atoms with Crippen LogP contribution in [0.1, 0.15) is 27.7 Å². The Morgan fingerprint density at radius 3 is 2.53 bits per heavy atom. The summed E-state index contributed by atoms with van der Waals surface area (Å²) in [6, 6.07) is 13.5. The van der Waals surface area contributed by atoms with Gasteiger partial charge < -0.3 is 10.1 Å². The molecule has 174 valence electrons. The van der Waals surface area contributed by atoms with Crippen molar-refractivity contribution in [2.75, 3.05) is 17.7 Å². The van der Waals surface area contributed by atoms with Crippen molar-refractivity contribution in [3.05, 3.63) is 70.9 Å². The minimum absolute atomic E-state index is 0.0968. The topological polar surface area (TPSA) is 99.0 Å². The van der Waals surface area contributed by atoms with Crippen LogP contribution in [-0.2, 0) is 9.53 Å². The number of amides is 1.